The topological polar surface area (TPSA) is 0 Å². The van der Waals surface area contributed by atoms with Gasteiger partial charge in [-0.05, 0) is 36.3 Å². The molecule has 1 aliphatic carbocycles. The van der Waals surface area contributed by atoms with Crippen molar-refractivity contribution in [1.29, 1.82) is 0 Å². The van der Waals surface area contributed by atoms with Crippen molar-refractivity contribution >= 4 is 11.1 Å². The minimum atomic E-state index is 1.04. The zero-order valence-corrected chi connectivity index (χ0v) is 9.33. The third-order valence-corrected chi connectivity index (χ3v) is 2.69. The molecular formula is C15H16. The van der Waals surface area contributed by atoms with Gasteiger partial charge in [0.15, 0.2) is 0 Å². The zero-order valence-electron chi connectivity index (χ0n) is 9.33. The number of hydrogen-bond donors (Lipinski definition) is 0. The summed E-state index contributed by atoms with van der Waals surface area (Å²) in [6, 6.07) is 8.63. The fraction of sp³-hybridized carbons (Fsp3) is 0.200. The standard InChI is InChI=1S/C15H16/c1-12(2)14-10-6-7-11-15(14)13-8-4-3-5-9-13/h3-8,10-11H,9H2,1-2H3. The van der Waals surface area contributed by atoms with E-state index in [-0.39, 0.29) is 0 Å². The highest BCUT2D eigenvalue weighted by Crippen LogP contribution is 2.08. The Kier molecular flexibility index (Phi) is 2.86. The van der Waals surface area contributed by atoms with Crippen LogP contribution in [0.5, 0.6) is 0 Å². The van der Waals surface area contributed by atoms with Crippen LogP contribution in [0.2, 0.25) is 0 Å². The fourth-order valence-corrected chi connectivity index (χ4v) is 1.91. The molecule has 0 amide bonds. The molecule has 0 unspecified atom stereocenters. The summed E-state index contributed by atoms with van der Waals surface area (Å²) < 4.78 is 0. The van der Waals surface area contributed by atoms with Gasteiger partial charge in [0.05, 0.1) is 0 Å². The molecule has 0 radical (unpaired) electrons. The lowest BCUT2D eigenvalue weighted by Gasteiger charge is -2.03. The Morgan fingerprint density at radius 1 is 1.07 bits per heavy atom. The van der Waals surface area contributed by atoms with E-state index in [2.05, 4.69) is 62.4 Å². The van der Waals surface area contributed by atoms with Crippen molar-refractivity contribution in [3.05, 3.63) is 59.0 Å². The molecule has 0 saturated heterocycles. The van der Waals surface area contributed by atoms with Crippen molar-refractivity contribution in [2.75, 3.05) is 0 Å². The van der Waals surface area contributed by atoms with E-state index < -0.39 is 0 Å². The van der Waals surface area contributed by atoms with Gasteiger partial charge in [-0.2, -0.15) is 0 Å². The fourth-order valence-electron chi connectivity index (χ4n) is 1.91. The van der Waals surface area contributed by atoms with Crippen molar-refractivity contribution < 1.29 is 0 Å². The summed E-state index contributed by atoms with van der Waals surface area (Å²) in [5.74, 6) is 0. The predicted octanol–water partition coefficient (Wildman–Crippen LogP) is 2.54. The maximum absolute atomic E-state index is 2.21. The molecule has 0 aliphatic heterocycles. The van der Waals surface area contributed by atoms with Crippen molar-refractivity contribution in [3.63, 3.8) is 0 Å². The molecule has 15 heavy (non-hydrogen) atoms. The Bertz CT molecular complexity index is 523. The summed E-state index contributed by atoms with van der Waals surface area (Å²) in [5.41, 5.74) is 2.79. The minimum absolute atomic E-state index is 1.04. The van der Waals surface area contributed by atoms with Crippen LogP contribution in [0.1, 0.15) is 20.3 Å². The number of benzene rings is 1. The molecule has 0 heteroatoms. The molecule has 2 rings (SSSR count). The predicted molar refractivity (Wildman–Crippen MR) is 66.8 cm³/mol. The SMILES string of the molecule is CC(C)=c1ccccc1=C1C=CC=CC1. The number of allylic oxidation sites excluding steroid dienone is 4. The van der Waals surface area contributed by atoms with Crippen molar-refractivity contribution in [3.8, 4) is 0 Å². The summed E-state index contributed by atoms with van der Waals surface area (Å²) >= 11 is 0. The van der Waals surface area contributed by atoms with Gasteiger partial charge >= 0.3 is 0 Å². The molecule has 0 aromatic heterocycles. The van der Waals surface area contributed by atoms with Gasteiger partial charge in [-0.25, -0.2) is 0 Å². The smallest absolute Gasteiger partial charge is 0.00882 e. The third-order valence-electron chi connectivity index (χ3n) is 2.69. The summed E-state index contributed by atoms with van der Waals surface area (Å²) in [7, 11) is 0. The van der Waals surface area contributed by atoms with Gasteiger partial charge < -0.3 is 0 Å². The molecule has 0 nitrogen and oxygen atoms in total. The summed E-state index contributed by atoms with van der Waals surface area (Å²) in [5, 5.41) is 2.74. The average Bonchev–Trinajstić information content (AvgIpc) is 2.30. The first-order valence-electron chi connectivity index (χ1n) is 5.38. The van der Waals surface area contributed by atoms with Crippen LogP contribution in [0, 0.1) is 0 Å². The normalized spacial score (nSPS) is 18.0. The molecule has 0 atom stereocenters. The van der Waals surface area contributed by atoms with Crippen LogP contribution in [0.4, 0.5) is 0 Å². The summed E-state index contributed by atoms with van der Waals surface area (Å²) in [6.45, 7) is 4.34. The van der Waals surface area contributed by atoms with Gasteiger partial charge in [-0.1, -0.05) is 54.1 Å². The molecule has 1 aliphatic rings. The first-order chi connectivity index (χ1) is 7.29. The molecule has 0 heterocycles. The van der Waals surface area contributed by atoms with E-state index in [1.165, 1.54) is 21.6 Å². The largest absolute Gasteiger partial charge is 0.0801 e. The van der Waals surface area contributed by atoms with Crippen LogP contribution < -0.4 is 10.4 Å². The molecule has 76 valence electrons. The van der Waals surface area contributed by atoms with Crippen LogP contribution >= 0.6 is 0 Å². The number of rotatable bonds is 0. The van der Waals surface area contributed by atoms with E-state index in [1.807, 2.05) is 0 Å². The molecule has 0 bridgehead atoms. The second kappa shape index (κ2) is 4.31. The highest BCUT2D eigenvalue weighted by atomic mass is 14.0. The molecule has 0 saturated carbocycles. The van der Waals surface area contributed by atoms with E-state index in [9.17, 15) is 0 Å². The van der Waals surface area contributed by atoms with Gasteiger partial charge in [0.2, 0.25) is 0 Å². The maximum atomic E-state index is 2.21. The minimum Gasteiger partial charge on any atom is -0.0801 e. The lowest BCUT2D eigenvalue weighted by Crippen LogP contribution is -2.27. The van der Waals surface area contributed by atoms with Gasteiger partial charge in [-0.3, -0.25) is 0 Å². The first-order valence-corrected chi connectivity index (χ1v) is 5.38. The van der Waals surface area contributed by atoms with Crippen LogP contribution in [-0.4, -0.2) is 0 Å². The molecule has 0 spiro atoms. The van der Waals surface area contributed by atoms with Gasteiger partial charge in [0.1, 0.15) is 0 Å². The molecular weight excluding hydrogens is 180 g/mol. The molecule has 0 N–H and O–H groups in total. The molecule has 1 aromatic carbocycles. The van der Waals surface area contributed by atoms with Crippen molar-refractivity contribution in [2.45, 2.75) is 20.3 Å². The Morgan fingerprint density at radius 3 is 2.53 bits per heavy atom. The summed E-state index contributed by atoms with van der Waals surface area (Å²) in [6.07, 6.45) is 9.68. The van der Waals surface area contributed by atoms with Crippen LogP contribution in [-0.2, 0) is 0 Å². The highest BCUT2D eigenvalue weighted by Gasteiger charge is 1.96. The molecule has 1 aromatic rings. The second-order valence-corrected chi connectivity index (χ2v) is 4.06. The molecule has 0 fully saturated rings. The van der Waals surface area contributed by atoms with E-state index in [1.54, 1.807) is 0 Å². The monoisotopic (exact) mass is 196 g/mol. The lowest BCUT2D eigenvalue weighted by atomic mass is 10.0. The third kappa shape index (κ3) is 2.10. The Morgan fingerprint density at radius 2 is 1.87 bits per heavy atom. The van der Waals surface area contributed by atoms with E-state index in [4.69, 9.17) is 0 Å². The maximum Gasteiger partial charge on any atom is -0.00882 e. The Balaban J connectivity index is 2.79. The first kappa shape index (κ1) is 9.97. The van der Waals surface area contributed by atoms with Gasteiger partial charge in [0, 0.05) is 0 Å². The van der Waals surface area contributed by atoms with Crippen molar-refractivity contribution in [2.24, 2.45) is 0 Å². The lowest BCUT2D eigenvalue weighted by molar-refractivity contribution is 1.33. The zero-order chi connectivity index (χ0) is 10.7. The Labute approximate surface area is 91.0 Å². The van der Waals surface area contributed by atoms with Crippen LogP contribution in [0.25, 0.3) is 11.1 Å². The highest BCUT2D eigenvalue weighted by molar-refractivity contribution is 5.62. The van der Waals surface area contributed by atoms with E-state index in [0.717, 1.165) is 6.42 Å². The quantitative estimate of drug-likeness (QED) is 0.598. The van der Waals surface area contributed by atoms with E-state index in [0.29, 0.717) is 0 Å². The van der Waals surface area contributed by atoms with E-state index >= 15 is 0 Å². The average molecular weight is 196 g/mol. The number of hydrogen-bond acceptors (Lipinski definition) is 0. The van der Waals surface area contributed by atoms with Crippen LogP contribution in [0.15, 0.2) is 48.6 Å². The van der Waals surface area contributed by atoms with Crippen molar-refractivity contribution in [1.82, 2.24) is 0 Å². The van der Waals surface area contributed by atoms with Gasteiger partial charge in [0.25, 0.3) is 0 Å². The van der Waals surface area contributed by atoms with Gasteiger partial charge in [-0.15, -0.1) is 0 Å². The Hall–Kier alpha value is -1.56. The second-order valence-electron chi connectivity index (χ2n) is 4.06. The summed E-state index contributed by atoms with van der Waals surface area (Å²) in [4.78, 5) is 0. The van der Waals surface area contributed by atoms with Crippen LogP contribution in [0.3, 0.4) is 0 Å².